The monoisotopic (exact) mass is 439 g/mol. The Labute approximate surface area is 186 Å². The molecule has 1 saturated carbocycles. The van der Waals surface area contributed by atoms with E-state index in [2.05, 4.69) is 33.8 Å². The summed E-state index contributed by atoms with van der Waals surface area (Å²) < 4.78 is 2.25. The molecule has 6 heteroatoms. The normalized spacial score (nSPS) is 20.1. The minimum absolute atomic E-state index is 0.0289. The molecule has 4 nitrogen and oxygen atoms in total. The Morgan fingerprint density at radius 2 is 1.87 bits per heavy atom. The van der Waals surface area contributed by atoms with Crippen LogP contribution in [0.1, 0.15) is 34.9 Å². The van der Waals surface area contributed by atoms with Crippen LogP contribution in [0, 0.1) is 5.92 Å². The Kier molecular flexibility index (Phi) is 5.30. The number of hydrogen-bond donors (Lipinski definition) is 0. The highest BCUT2D eigenvalue weighted by molar-refractivity contribution is 6.34. The number of halogens is 2. The van der Waals surface area contributed by atoms with Crippen LogP contribution in [0.4, 0.5) is 0 Å². The molecule has 1 fully saturated rings. The molecule has 1 amide bonds. The molecule has 0 unspecified atom stereocenters. The number of benzene rings is 2. The molecule has 1 aliphatic carbocycles. The van der Waals surface area contributed by atoms with Gasteiger partial charge in [-0.3, -0.25) is 4.79 Å². The van der Waals surface area contributed by atoms with Gasteiger partial charge in [-0.15, -0.1) is 0 Å². The fraction of sp³-hybridized carbons (Fsp3) is 0.333. The fourth-order valence-electron chi connectivity index (χ4n) is 4.51. The second kappa shape index (κ2) is 8.09. The molecule has 5 rings (SSSR count). The van der Waals surface area contributed by atoms with Crippen LogP contribution in [-0.4, -0.2) is 26.9 Å². The molecule has 0 spiro atoms. The lowest BCUT2D eigenvalue weighted by atomic mass is 10.1. The van der Waals surface area contributed by atoms with Gasteiger partial charge in [-0.2, -0.15) is 0 Å². The van der Waals surface area contributed by atoms with Crippen molar-refractivity contribution in [3.8, 4) is 0 Å². The minimum Gasteiger partial charge on any atom is -0.336 e. The lowest BCUT2D eigenvalue weighted by molar-refractivity contribution is -0.133. The number of imidazole rings is 1. The molecule has 154 valence electrons. The predicted octanol–water partition coefficient (Wildman–Crippen LogP) is 5.12. The zero-order valence-electron chi connectivity index (χ0n) is 16.6. The number of carbonyl (C=O) groups is 1. The second-order valence-corrected chi connectivity index (χ2v) is 9.10. The van der Waals surface area contributed by atoms with Gasteiger partial charge in [0.2, 0.25) is 5.91 Å². The first kappa shape index (κ1) is 19.7. The summed E-state index contributed by atoms with van der Waals surface area (Å²) in [7, 11) is 0. The first-order valence-corrected chi connectivity index (χ1v) is 11.2. The van der Waals surface area contributed by atoms with Gasteiger partial charge in [-0.1, -0.05) is 53.5 Å². The van der Waals surface area contributed by atoms with E-state index < -0.39 is 0 Å². The van der Waals surface area contributed by atoms with Crippen molar-refractivity contribution in [1.82, 2.24) is 14.5 Å². The zero-order valence-corrected chi connectivity index (χ0v) is 18.1. The number of rotatable bonds is 5. The van der Waals surface area contributed by atoms with E-state index in [1.165, 1.54) is 11.3 Å². The number of aryl methyl sites for hydroxylation is 2. The van der Waals surface area contributed by atoms with Crippen molar-refractivity contribution in [3.63, 3.8) is 0 Å². The second-order valence-electron chi connectivity index (χ2n) is 8.23. The van der Waals surface area contributed by atoms with Crippen molar-refractivity contribution in [2.24, 2.45) is 5.92 Å². The van der Waals surface area contributed by atoms with E-state index in [0.29, 0.717) is 16.6 Å². The van der Waals surface area contributed by atoms with Gasteiger partial charge < -0.3 is 9.47 Å². The highest BCUT2D eigenvalue weighted by Gasteiger charge is 2.46. The van der Waals surface area contributed by atoms with Gasteiger partial charge in [0.25, 0.3) is 0 Å². The summed E-state index contributed by atoms with van der Waals surface area (Å²) in [6.07, 6.45) is 4.63. The van der Waals surface area contributed by atoms with Crippen molar-refractivity contribution in [2.45, 2.75) is 38.3 Å². The van der Waals surface area contributed by atoms with Crippen LogP contribution in [0.3, 0.4) is 0 Å². The summed E-state index contributed by atoms with van der Waals surface area (Å²) in [6, 6.07) is 16.1. The summed E-state index contributed by atoms with van der Waals surface area (Å²) in [5, 5.41) is 1.25. The SMILES string of the molecule is O=C([C@H]1C[C@H]1c1cc(Cl)cc(Cl)c1)N1CCc2c(ncn2CCc2ccccc2)C1. The number of hydrogen-bond acceptors (Lipinski definition) is 2. The van der Waals surface area contributed by atoms with Gasteiger partial charge in [0.1, 0.15) is 0 Å². The summed E-state index contributed by atoms with van der Waals surface area (Å²) in [5.41, 5.74) is 4.69. The van der Waals surface area contributed by atoms with Gasteiger partial charge in [0, 0.05) is 41.2 Å². The van der Waals surface area contributed by atoms with Crippen molar-refractivity contribution in [3.05, 3.63) is 87.4 Å². The summed E-state index contributed by atoms with van der Waals surface area (Å²) in [5.74, 6) is 0.473. The molecule has 1 aromatic heterocycles. The van der Waals surface area contributed by atoms with Crippen molar-refractivity contribution >= 4 is 29.1 Å². The van der Waals surface area contributed by atoms with Crippen molar-refractivity contribution < 1.29 is 4.79 Å². The molecule has 30 heavy (non-hydrogen) atoms. The third kappa shape index (κ3) is 3.99. The average molecular weight is 440 g/mol. The van der Waals surface area contributed by atoms with Gasteiger partial charge in [0.05, 0.1) is 18.6 Å². The minimum atomic E-state index is 0.0289. The van der Waals surface area contributed by atoms with Gasteiger partial charge in [0.15, 0.2) is 0 Å². The summed E-state index contributed by atoms with van der Waals surface area (Å²) in [6.45, 7) is 2.27. The number of nitrogens with zero attached hydrogens (tertiary/aromatic N) is 3. The standard InChI is InChI=1S/C24H23Cl2N3O/c25-18-10-17(11-19(26)12-18)20-13-21(20)24(30)28-9-7-23-22(14-28)27-15-29(23)8-6-16-4-2-1-3-5-16/h1-5,10-12,15,20-21H,6-9,13-14H2/t20-,21-/m0/s1. The molecule has 1 aliphatic heterocycles. The van der Waals surface area contributed by atoms with Crippen molar-refractivity contribution in [2.75, 3.05) is 6.54 Å². The highest BCUT2D eigenvalue weighted by Crippen LogP contribution is 2.49. The average Bonchev–Trinajstić information content (AvgIpc) is 3.45. The van der Waals surface area contributed by atoms with E-state index >= 15 is 0 Å². The number of aromatic nitrogens is 2. The Hall–Kier alpha value is -2.30. The predicted molar refractivity (Wildman–Crippen MR) is 119 cm³/mol. The smallest absolute Gasteiger partial charge is 0.226 e. The van der Waals surface area contributed by atoms with Crippen LogP contribution < -0.4 is 0 Å². The highest BCUT2D eigenvalue weighted by atomic mass is 35.5. The topological polar surface area (TPSA) is 38.1 Å². The van der Waals surface area contributed by atoms with E-state index in [1.54, 1.807) is 6.07 Å². The molecule has 0 bridgehead atoms. The van der Waals surface area contributed by atoms with E-state index in [1.807, 2.05) is 29.4 Å². The first-order chi connectivity index (χ1) is 14.6. The van der Waals surface area contributed by atoms with Crippen LogP contribution in [0.15, 0.2) is 54.9 Å². The summed E-state index contributed by atoms with van der Waals surface area (Å²) in [4.78, 5) is 19.6. The maximum atomic E-state index is 13.1. The summed E-state index contributed by atoms with van der Waals surface area (Å²) >= 11 is 12.3. The molecular weight excluding hydrogens is 417 g/mol. The van der Waals surface area contributed by atoms with Crippen LogP contribution >= 0.6 is 23.2 Å². The fourth-order valence-corrected chi connectivity index (χ4v) is 5.05. The van der Waals surface area contributed by atoms with Crippen LogP contribution in [0.2, 0.25) is 10.0 Å². The molecular formula is C24H23Cl2N3O. The number of amides is 1. The van der Waals surface area contributed by atoms with E-state index in [9.17, 15) is 4.79 Å². The lowest BCUT2D eigenvalue weighted by Gasteiger charge is -2.27. The van der Waals surface area contributed by atoms with Crippen LogP contribution in [-0.2, 0) is 30.7 Å². The molecule has 0 radical (unpaired) electrons. The Balaban J connectivity index is 1.22. The van der Waals surface area contributed by atoms with Gasteiger partial charge in [-0.25, -0.2) is 4.98 Å². The molecule has 3 aromatic rings. The van der Waals surface area contributed by atoms with Crippen LogP contribution in [0.25, 0.3) is 0 Å². The van der Waals surface area contributed by atoms with E-state index in [4.69, 9.17) is 23.2 Å². The molecule has 0 N–H and O–H groups in total. The third-order valence-electron chi connectivity index (χ3n) is 6.21. The zero-order chi connectivity index (χ0) is 20.7. The van der Waals surface area contributed by atoms with Crippen molar-refractivity contribution in [1.29, 1.82) is 0 Å². The van der Waals surface area contributed by atoms with E-state index in [-0.39, 0.29) is 17.7 Å². The van der Waals surface area contributed by atoms with Crippen LogP contribution in [0.5, 0.6) is 0 Å². The quantitative estimate of drug-likeness (QED) is 0.552. The molecule has 2 aromatic carbocycles. The lowest BCUT2D eigenvalue weighted by Crippen LogP contribution is -2.37. The molecule has 2 aliphatic rings. The largest absolute Gasteiger partial charge is 0.336 e. The van der Waals surface area contributed by atoms with Gasteiger partial charge >= 0.3 is 0 Å². The number of fused-ring (bicyclic) bond motifs is 1. The Morgan fingerprint density at radius 3 is 2.63 bits per heavy atom. The first-order valence-electron chi connectivity index (χ1n) is 10.4. The molecule has 2 heterocycles. The molecule has 2 atom stereocenters. The third-order valence-corrected chi connectivity index (χ3v) is 6.64. The maximum absolute atomic E-state index is 13.1. The maximum Gasteiger partial charge on any atom is 0.226 e. The Morgan fingerprint density at radius 1 is 1.10 bits per heavy atom. The number of carbonyl (C=O) groups excluding carboxylic acids is 1. The Bertz CT molecular complexity index is 1060. The van der Waals surface area contributed by atoms with Gasteiger partial charge in [-0.05, 0) is 48.1 Å². The van der Waals surface area contributed by atoms with E-state index in [0.717, 1.165) is 43.6 Å². The molecule has 0 saturated heterocycles.